The van der Waals surface area contributed by atoms with Gasteiger partial charge in [-0.3, -0.25) is 4.99 Å². The average molecular weight is 349 g/mol. The van der Waals surface area contributed by atoms with Crippen LogP contribution in [-0.4, -0.2) is 16.2 Å². The fraction of sp³-hybridized carbons (Fsp3) is 0.0417. The lowest BCUT2D eigenvalue weighted by Crippen LogP contribution is -1.82. The molecule has 2 N–H and O–H groups in total. The van der Waals surface area contributed by atoms with Crippen LogP contribution < -0.4 is 0 Å². The lowest BCUT2D eigenvalue weighted by Gasteiger charge is -2.03. The van der Waals surface area contributed by atoms with E-state index in [4.69, 9.17) is 4.99 Å². The molecule has 0 aliphatic heterocycles. The number of aliphatic imine (C=N–C) groups is 1. The molecule has 2 heterocycles. The number of fused-ring (bicyclic) bond motifs is 2. The van der Waals surface area contributed by atoms with Crippen LogP contribution in [0.4, 0.5) is 5.69 Å². The van der Waals surface area contributed by atoms with Gasteiger partial charge in [-0.25, -0.2) is 0 Å². The normalized spacial score (nSPS) is 11.7. The number of hydrogen-bond donors (Lipinski definition) is 2. The number of rotatable bonds is 3. The van der Waals surface area contributed by atoms with E-state index in [0.717, 1.165) is 33.5 Å². The standard InChI is InChI=1S/C24H19N3/c1-16-10-11-23-20(12-16)18(15-26-23)14-25-22-9-5-3-7-19(22)24-13-17-6-2-4-8-21(17)27-24/h2-15,26-27H,1H3. The van der Waals surface area contributed by atoms with Crippen molar-refractivity contribution in [1.29, 1.82) is 0 Å². The molecule has 0 atom stereocenters. The molecule has 0 saturated heterocycles. The topological polar surface area (TPSA) is 43.9 Å². The Morgan fingerprint density at radius 2 is 1.70 bits per heavy atom. The third-order valence-electron chi connectivity index (χ3n) is 4.94. The second kappa shape index (κ2) is 6.29. The first-order valence-corrected chi connectivity index (χ1v) is 9.07. The number of para-hydroxylation sites is 2. The minimum absolute atomic E-state index is 0.950. The van der Waals surface area contributed by atoms with Crippen molar-refractivity contribution in [1.82, 2.24) is 9.97 Å². The van der Waals surface area contributed by atoms with Crippen molar-refractivity contribution >= 4 is 33.7 Å². The largest absolute Gasteiger partial charge is 0.361 e. The van der Waals surface area contributed by atoms with Gasteiger partial charge in [0.1, 0.15) is 0 Å². The van der Waals surface area contributed by atoms with Crippen LogP contribution in [0, 0.1) is 6.92 Å². The molecule has 0 aliphatic rings. The zero-order valence-corrected chi connectivity index (χ0v) is 15.0. The van der Waals surface area contributed by atoms with Crippen LogP contribution in [0.5, 0.6) is 0 Å². The van der Waals surface area contributed by atoms with Crippen molar-refractivity contribution in [2.45, 2.75) is 6.92 Å². The minimum Gasteiger partial charge on any atom is -0.361 e. The number of nitrogens with one attached hydrogen (secondary N) is 2. The van der Waals surface area contributed by atoms with E-state index in [0.29, 0.717) is 0 Å². The average Bonchev–Trinajstić information content (AvgIpc) is 3.30. The second-order valence-electron chi connectivity index (χ2n) is 6.84. The Hall–Kier alpha value is -3.59. The molecule has 0 bridgehead atoms. The van der Waals surface area contributed by atoms with E-state index in [2.05, 4.69) is 77.6 Å². The quantitative estimate of drug-likeness (QED) is 0.355. The molecule has 0 radical (unpaired) electrons. The van der Waals surface area contributed by atoms with Crippen LogP contribution in [0.25, 0.3) is 33.1 Å². The molecule has 3 aromatic carbocycles. The van der Waals surface area contributed by atoms with Gasteiger partial charge in [-0.2, -0.15) is 0 Å². The molecular formula is C24H19N3. The Morgan fingerprint density at radius 1 is 0.852 bits per heavy atom. The maximum Gasteiger partial charge on any atom is 0.0723 e. The highest BCUT2D eigenvalue weighted by atomic mass is 14.8. The summed E-state index contributed by atoms with van der Waals surface area (Å²) in [4.78, 5) is 11.6. The smallest absolute Gasteiger partial charge is 0.0723 e. The van der Waals surface area contributed by atoms with Gasteiger partial charge >= 0.3 is 0 Å². The van der Waals surface area contributed by atoms with Gasteiger partial charge in [0.25, 0.3) is 0 Å². The van der Waals surface area contributed by atoms with Crippen molar-refractivity contribution < 1.29 is 0 Å². The fourth-order valence-corrected chi connectivity index (χ4v) is 3.53. The lowest BCUT2D eigenvalue weighted by molar-refractivity contribution is 1.43. The van der Waals surface area contributed by atoms with Crippen LogP contribution in [0.1, 0.15) is 11.1 Å². The Balaban J connectivity index is 1.57. The zero-order chi connectivity index (χ0) is 18.2. The van der Waals surface area contributed by atoms with E-state index in [-0.39, 0.29) is 0 Å². The summed E-state index contributed by atoms with van der Waals surface area (Å²) in [5, 5.41) is 2.40. The van der Waals surface area contributed by atoms with Gasteiger partial charge < -0.3 is 9.97 Å². The summed E-state index contributed by atoms with van der Waals surface area (Å²) in [5.74, 6) is 0. The number of benzene rings is 3. The molecule has 5 aromatic rings. The third kappa shape index (κ3) is 2.83. The molecule has 5 rings (SSSR count). The van der Waals surface area contributed by atoms with Gasteiger partial charge in [0.05, 0.1) is 5.69 Å². The first kappa shape index (κ1) is 15.6. The molecule has 0 saturated carbocycles. The van der Waals surface area contributed by atoms with Crippen LogP contribution in [0.15, 0.2) is 84.0 Å². The second-order valence-corrected chi connectivity index (χ2v) is 6.84. The first-order chi connectivity index (χ1) is 13.3. The van der Waals surface area contributed by atoms with Gasteiger partial charge in [-0.15, -0.1) is 0 Å². The van der Waals surface area contributed by atoms with E-state index < -0.39 is 0 Å². The third-order valence-corrected chi connectivity index (χ3v) is 4.94. The summed E-state index contributed by atoms with van der Waals surface area (Å²) in [6, 6.07) is 25.2. The van der Waals surface area contributed by atoms with Crippen LogP contribution in [0.2, 0.25) is 0 Å². The molecule has 130 valence electrons. The van der Waals surface area contributed by atoms with E-state index in [9.17, 15) is 0 Å². The zero-order valence-electron chi connectivity index (χ0n) is 15.0. The number of aromatic amines is 2. The molecule has 0 fully saturated rings. The van der Waals surface area contributed by atoms with Gasteiger partial charge in [0.2, 0.25) is 0 Å². The van der Waals surface area contributed by atoms with Gasteiger partial charge in [0, 0.05) is 51.0 Å². The molecule has 0 aliphatic carbocycles. The Labute approximate surface area is 157 Å². The van der Waals surface area contributed by atoms with Crippen LogP contribution in [0.3, 0.4) is 0 Å². The minimum atomic E-state index is 0.950. The molecule has 3 heteroatoms. The molecule has 2 aromatic heterocycles. The highest BCUT2D eigenvalue weighted by Crippen LogP contribution is 2.32. The molecule has 27 heavy (non-hydrogen) atoms. The van der Waals surface area contributed by atoms with Gasteiger partial charge in [-0.05, 0) is 37.3 Å². The monoisotopic (exact) mass is 349 g/mol. The first-order valence-electron chi connectivity index (χ1n) is 9.07. The van der Waals surface area contributed by atoms with Crippen molar-refractivity contribution in [3.8, 4) is 11.3 Å². The van der Waals surface area contributed by atoms with E-state index in [1.807, 2.05) is 24.5 Å². The Bertz CT molecular complexity index is 1250. The van der Waals surface area contributed by atoms with Crippen molar-refractivity contribution in [3.63, 3.8) is 0 Å². The van der Waals surface area contributed by atoms with Crippen LogP contribution >= 0.6 is 0 Å². The summed E-state index contributed by atoms with van der Waals surface area (Å²) >= 11 is 0. The number of nitrogens with zero attached hydrogens (tertiary/aromatic N) is 1. The van der Waals surface area contributed by atoms with Crippen LogP contribution in [-0.2, 0) is 0 Å². The Morgan fingerprint density at radius 3 is 2.63 bits per heavy atom. The van der Waals surface area contributed by atoms with E-state index >= 15 is 0 Å². The highest BCUT2D eigenvalue weighted by molar-refractivity contribution is 6.00. The molecule has 0 amide bonds. The summed E-state index contributed by atoms with van der Waals surface area (Å²) in [6.45, 7) is 2.11. The number of aryl methyl sites for hydroxylation is 1. The van der Waals surface area contributed by atoms with Crippen molar-refractivity contribution in [3.05, 3.63) is 90.1 Å². The van der Waals surface area contributed by atoms with E-state index in [1.54, 1.807) is 0 Å². The predicted molar refractivity (Wildman–Crippen MR) is 114 cm³/mol. The van der Waals surface area contributed by atoms with Gasteiger partial charge in [-0.1, -0.05) is 48.0 Å². The van der Waals surface area contributed by atoms with Crippen molar-refractivity contribution in [2.24, 2.45) is 4.99 Å². The maximum absolute atomic E-state index is 4.81. The lowest BCUT2D eigenvalue weighted by atomic mass is 10.1. The predicted octanol–water partition coefficient (Wildman–Crippen LogP) is 6.38. The summed E-state index contributed by atoms with van der Waals surface area (Å²) in [5.41, 5.74) is 7.74. The Kier molecular flexibility index (Phi) is 3.65. The van der Waals surface area contributed by atoms with E-state index in [1.165, 1.54) is 16.3 Å². The number of aromatic nitrogens is 2. The summed E-state index contributed by atoms with van der Waals surface area (Å²) in [7, 11) is 0. The van der Waals surface area contributed by atoms with Gasteiger partial charge in [0.15, 0.2) is 0 Å². The molecular weight excluding hydrogens is 330 g/mol. The highest BCUT2D eigenvalue weighted by Gasteiger charge is 2.07. The SMILES string of the molecule is Cc1ccc2[nH]cc(C=Nc3ccccc3-c3cc4ccccc4[nH]3)c2c1. The summed E-state index contributed by atoms with van der Waals surface area (Å²) in [6.07, 6.45) is 3.96. The summed E-state index contributed by atoms with van der Waals surface area (Å²) < 4.78 is 0. The fourth-order valence-electron chi connectivity index (χ4n) is 3.53. The maximum atomic E-state index is 4.81. The molecule has 3 nitrogen and oxygen atoms in total. The number of hydrogen-bond acceptors (Lipinski definition) is 1. The number of H-pyrrole nitrogens is 2. The molecule has 0 unspecified atom stereocenters. The van der Waals surface area contributed by atoms with Crippen molar-refractivity contribution in [2.75, 3.05) is 0 Å². The molecule has 0 spiro atoms.